The van der Waals surface area contributed by atoms with Crippen molar-refractivity contribution in [3.63, 3.8) is 0 Å². The van der Waals surface area contributed by atoms with Gasteiger partial charge >= 0.3 is 12.1 Å². The first-order chi connectivity index (χ1) is 17.7. The second-order valence-corrected chi connectivity index (χ2v) is 9.35. The Labute approximate surface area is 220 Å². The van der Waals surface area contributed by atoms with Crippen molar-refractivity contribution in [2.24, 2.45) is 10.7 Å². The largest absolute Gasteiger partial charge is 0.482 e. The number of carboxylic acid groups (broad SMARTS) is 1. The molecule has 1 aromatic carbocycles. The van der Waals surface area contributed by atoms with Crippen molar-refractivity contribution in [3.05, 3.63) is 58.9 Å². The zero-order valence-corrected chi connectivity index (χ0v) is 22.5. The van der Waals surface area contributed by atoms with E-state index in [1.54, 1.807) is 34.7 Å². The van der Waals surface area contributed by atoms with Gasteiger partial charge in [0.2, 0.25) is 0 Å². The van der Waals surface area contributed by atoms with Gasteiger partial charge in [-0.25, -0.2) is 19.0 Å². The number of nitrogens with two attached hydrogens (primary N) is 2. The molecule has 0 unspecified atom stereocenters. The van der Waals surface area contributed by atoms with Crippen LogP contribution in [0, 0.1) is 5.82 Å². The molecule has 2 rings (SSSR count). The van der Waals surface area contributed by atoms with E-state index in [2.05, 4.69) is 9.98 Å². The third-order valence-corrected chi connectivity index (χ3v) is 5.27. The van der Waals surface area contributed by atoms with Gasteiger partial charge in [-0.1, -0.05) is 0 Å². The summed E-state index contributed by atoms with van der Waals surface area (Å²) in [7, 11) is 4.46. The Morgan fingerprint density at radius 1 is 1.26 bits per heavy atom. The summed E-state index contributed by atoms with van der Waals surface area (Å²) in [5.74, 6) is -1.76. The quantitative estimate of drug-likeness (QED) is 0.322. The van der Waals surface area contributed by atoms with Gasteiger partial charge in [-0.05, 0) is 52.0 Å². The number of halogens is 1. The van der Waals surface area contributed by atoms with Crippen molar-refractivity contribution in [2.45, 2.75) is 39.4 Å². The van der Waals surface area contributed by atoms with Crippen LogP contribution in [0.5, 0.6) is 5.75 Å². The maximum absolute atomic E-state index is 13.9. The van der Waals surface area contributed by atoms with Crippen molar-refractivity contribution in [1.82, 2.24) is 9.88 Å². The molecule has 1 amide bonds. The van der Waals surface area contributed by atoms with Crippen LogP contribution in [0.4, 0.5) is 15.0 Å². The Hall–Kier alpha value is -4.35. The third-order valence-electron chi connectivity index (χ3n) is 5.27. The normalized spacial score (nSPS) is 13.3. The highest BCUT2D eigenvalue weighted by molar-refractivity contribution is 6.25. The summed E-state index contributed by atoms with van der Waals surface area (Å²) in [6, 6.07) is 4.83. The third kappa shape index (κ3) is 7.58. The molecule has 12 heteroatoms. The second-order valence-electron chi connectivity index (χ2n) is 9.35. The zero-order valence-electron chi connectivity index (χ0n) is 22.5. The fraction of sp³-hybridized carbons (Fsp3) is 0.385. The van der Waals surface area contributed by atoms with Gasteiger partial charge in [0, 0.05) is 31.4 Å². The zero-order chi connectivity index (χ0) is 28.8. The number of carboxylic acids is 1. The van der Waals surface area contributed by atoms with E-state index in [9.17, 15) is 19.1 Å². The Morgan fingerprint density at radius 2 is 1.92 bits per heavy atom. The fourth-order valence-electron chi connectivity index (χ4n) is 3.45. The van der Waals surface area contributed by atoms with Crippen molar-refractivity contribution < 1.29 is 33.3 Å². The number of benzene rings is 1. The highest BCUT2D eigenvalue weighted by Crippen LogP contribution is 2.31. The molecule has 1 atom stereocenters. The van der Waals surface area contributed by atoms with Crippen LogP contribution in [0.2, 0.25) is 0 Å². The molecule has 1 heterocycles. The van der Waals surface area contributed by atoms with E-state index in [-0.39, 0.29) is 35.1 Å². The van der Waals surface area contributed by atoms with Crippen LogP contribution < -0.4 is 16.2 Å². The number of rotatable bonds is 9. The average Bonchev–Trinajstić information content (AvgIpc) is 2.83. The number of carbonyl (C=O) groups excluding carboxylic acids is 1. The van der Waals surface area contributed by atoms with E-state index in [0.29, 0.717) is 16.8 Å². The summed E-state index contributed by atoms with van der Waals surface area (Å²) in [6.45, 7) is 6.85. The standard InChI is InChI=1S/C26H34FN5O6/c1-14(18-11-16(27)8-9-17(18)24(33)34)37-20-10-15(12-31-22(20)28)21(23(29)36-7)19(30-5)13-32(6)25(35)38-26(2,3)4/h8-12,14H,13,29H2,1-7H3,(H2,28,31)(H,33,34)/t14-/m1/s1. The molecule has 0 aliphatic rings. The van der Waals surface area contributed by atoms with Gasteiger partial charge < -0.3 is 35.7 Å². The van der Waals surface area contributed by atoms with Gasteiger partial charge in [-0.2, -0.15) is 0 Å². The molecule has 0 saturated heterocycles. The second kappa shape index (κ2) is 12.3. The van der Waals surface area contributed by atoms with Crippen LogP contribution in [0.1, 0.15) is 55.3 Å². The molecule has 0 saturated carbocycles. The summed E-state index contributed by atoms with van der Waals surface area (Å²) in [5, 5.41) is 9.49. The lowest BCUT2D eigenvalue weighted by Crippen LogP contribution is -2.37. The molecule has 38 heavy (non-hydrogen) atoms. The van der Waals surface area contributed by atoms with Crippen molar-refractivity contribution in [2.75, 3.05) is 33.5 Å². The van der Waals surface area contributed by atoms with Gasteiger partial charge in [0.1, 0.15) is 17.5 Å². The summed E-state index contributed by atoms with van der Waals surface area (Å²) in [6.07, 6.45) is -0.0371. The number of aromatic nitrogens is 1. The first-order valence-electron chi connectivity index (χ1n) is 11.6. The van der Waals surface area contributed by atoms with Gasteiger partial charge in [0.15, 0.2) is 17.5 Å². The summed E-state index contributed by atoms with van der Waals surface area (Å²) < 4.78 is 30.5. The molecule has 0 radical (unpaired) electrons. The molecule has 206 valence electrons. The molecule has 0 aliphatic carbocycles. The summed E-state index contributed by atoms with van der Waals surface area (Å²) >= 11 is 0. The van der Waals surface area contributed by atoms with E-state index in [1.807, 2.05) is 0 Å². The number of nitrogens with zero attached hydrogens (tertiary/aromatic N) is 3. The first-order valence-corrected chi connectivity index (χ1v) is 11.6. The van der Waals surface area contributed by atoms with E-state index in [4.69, 9.17) is 25.7 Å². The van der Waals surface area contributed by atoms with Gasteiger partial charge in [-0.15, -0.1) is 0 Å². The van der Waals surface area contributed by atoms with E-state index in [0.717, 1.165) is 18.2 Å². The number of ether oxygens (including phenoxy) is 3. The highest BCUT2D eigenvalue weighted by atomic mass is 19.1. The number of aromatic carboxylic acids is 1. The Kier molecular flexibility index (Phi) is 9.64. The van der Waals surface area contributed by atoms with Gasteiger partial charge in [0.25, 0.3) is 0 Å². The SMILES string of the molecule is CN=C(CN(C)C(=O)OC(C)(C)C)C(=C(N)OC)c1cnc(N)c(O[C@H](C)c2cc(F)ccc2C(=O)O)c1. The monoisotopic (exact) mass is 531 g/mol. The van der Waals surface area contributed by atoms with E-state index >= 15 is 0 Å². The molecular weight excluding hydrogens is 497 g/mol. The lowest BCUT2D eigenvalue weighted by Gasteiger charge is -2.26. The molecule has 2 aromatic rings. The van der Waals surface area contributed by atoms with Crippen molar-refractivity contribution in [1.29, 1.82) is 0 Å². The van der Waals surface area contributed by atoms with Crippen LogP contribution in [0.15, 0.2) is 41.3 Å². The van der Waals surface area contributed by atoms with Crippen LogP contribution >= 0.6 is 0 Å². The van der Waals surface area contributed by atoms with Crippen molar-refractivity contribution >= 4 is 29.2 Å². The number of aliphatic imine (C=N–C) groups is 1. The summed E-state index contributed by atoms with van der Waals surface area (Å²) in [4.78, 5) is 33.9. The summed E-state index contributed by atoms with van der Waals surface area (Å²) in [5.41, 5.74) is 12.6. The average molecular weight is 532 g/mol. The minimum absolute atomic E-state index is 0.00470. The molecule has 1 aromatic heterocycles. The number of anilines is 1. The molecule has 11 nitrogen and oxygen atoms in total. The predicted octanol–water partition coefficient (Wildman–Crippen LogP) is 3.85. The number of amides is 1. The van der Waals surface area contributed by atoms with E-state index in [1.165, 1.54) is 31.3 Å². The number of methoxy groups -OCH3 is 1. The number of hydrogen-bond acceptors (Lipinski definition) is 9. The molecule has 0 bridgehead atoms. The molecule has 5 N–H and O–H groups in total. The molecule has 0 aliphatic heterocycles. The molecule has 0 spiro atoms. The molecular formula is C26H34FN5O6. The molecule has 0 fully saturated rings. The van der Waals surface area contributed by atoms with Gasteiger partial charge in [0.05, 0.1) is 30.5 Å². The Morgan fingerprint density at radius 3 is 2.47 bits per heavy atom. The first kappa shape index (κ1) is 29.9. The fourth-order valence-corrected chi connectivity index (χ4v) is 3.45. The van der Waals surface area contributed by atoms with Crippen LogP contribution in [-0.4, -0.2) is 66.1 Å². The van der Waals surface area contributed by atoms with E-state index < -0.39 is 29.6 Å². The number of carbonyl (C=O) groups is 2. The smallest absolute Gasteiger partial charge is 0.410 e. The minimum Gasteiger partial charge on any atom is -0.482 e. The topological polar surface area (TPSA) is 163 Å². The van der Waals surface area contributed by atoms with Gasteiger partial charge in [-0.3, -0.25) is 4.99 Å². The number of hydrogen-bond donors (Lipinski definition) is 3. The minimum atomic E-state index is -1.23. The van der Waals surface area contributed by atoms with Crippen LogP contribution in [0.25, 0.3) is 5.57 Å². The Balaban J connectivity index is 2.46. The van der Waals surface area contributed by atoms with Crippen LogP contribution in [-0.2, 0) is 9.47 Å². The lowest BCUT2D eigenvalue weighted by atomic mass is 10.0. The lowest BCUT2D eigenvalue weighted by molar-refractivity contribution is 0.0324. The van der Waals surface area contributed by atoms with Crippen molar-refractivity contribution in [3.8, 4) is 5.75 Å². The maximum atomic E-state index is 13.9. The van der Waals surface area contributed by atoms with Crippen LogP contribution in [0.3, 0.4) is 0 Å². The Bertz CT molecular complexity index is 1260. The highest BCUT2D eigenvalue weighted by Gasteiger charge is 2.25. The number of pyridine rings is 1. The number of nitrogen functional groups attached to an aromatic ring is 1. The maximum Gasteiger partial charge on any atom is 0.410 e. The predicted molar refractivity (Wildman–Crippen MR) is 141 cm³/mol.